The van der Waals surface area contributed by atoms with E-state index in [0.29, 0.717) is 0 Å². The maximum Gasteiger partial charge on any atom is 0.337 e. The fraction of sp³-hybridized carbons (Fsp3) is 0.200. The predicted octanol–water partition coefficient (Wildman–Crippen LogP) is -0.0822. The molecule has 0 aliphatic heterocycles. The summed E-state index contributed by atoms with van der Waals surface area (Å²) in [5.41, 5.74) is 4.51. The van der Waals surface area contributed by atoms with E-state index in [-0.39, 0.29) is 16.1 Å². The summed E-state index contributed by atoms with van der Waals surface area (Å²) in [6.45, 7) is 0. The highest BCUT2D eigenvalue weighted by Crippen LogP contribution is 2.28. The van der Waals surface area contributed by atoms with Crippen molar-refractivity contribution in [1.82, 2.24) is 0 Å². The summed E-state index contributed by atoms with van der Waals surface area (Å²) in [6.07, 6.45) is -3.52. The van der Waals surface area contributed by atoms with Crippen LogP contribution in [0.4, 0.5) is 0 Å². The molecule has 7 heteroatoms. The van der Waals surface area contributed by atoms with Gasteiger partial charge in [0.15, 0.2) is 6.10 Å². The number of primary amides is 1. The summed E-state index contributed by atoms with van der Waals surface area (Å²) in [6, 6.07) is 3.87. The third kappa shape index (κ3) is 2.73. The third-order valence-corrected chi connectivity index (χ3v) is 2.59. The van der Waals surface area contributed by atoms with E-state index in [2.05, 4.69) is 0 Å². The van der Waals surface area contributed by atoms with E-state index in [9.17, 15) is 19.8 Å². The highest BCUT2D eigenvalue weighted by molar-refractivity contribution is 6.34. The highest BCUT2D eigenvalue weighted by atomic mass is 35.5. The Balaban J connectivity index is 3.19. The average molecular weight is 260 g/mol. The molecule has 0 spiro atoms. The van der Waals surface area contributed by atoms with Crippen molar-refractivity contribution in [3.05, 3.63) is 34.3 Å². The van der Waals surface area contributed by atoms with Crippen LogP contribution in [0.15, 0.2) is 18.2 Å². The SMILES string of the molecule is NC(=O)C(O)C(O)c1cccc(C(=O)O)c1Cl. The summed E-state index contributed by atoms with van der Waals surface area (Å²) < 4.78 is 0. The summed E-state index contributed by atoms with van der Waals surface area (Å²) in [5, 5.41) is 27.4. The molecule has 0 aliphatic carbocycles. The Morgan fingerprint density at radius 3 is 2.35 bits per heavy atom. The van der Waals surface area contributed by atoms with Crippen LogP contribution in [0, 0.1) is 0 Å². The van der Waals surface area contributed by atoms with Crippen molar-refractivity contribution in [1.29, 1.82) is 0 Å². The molecule has 0 heterocycles. The lowest BCUT2D eigenvalue weighted by atomic mass is 10.0. The maximum absolute atomic E-state index is 10.8. The van der Waals surface area contributed by atoms with E-state index in [0.717, 1.165) is 0 Å². The van der Waals surface area contributed by atoms with Crippen LogP contribution >= 0.6 is 11.6 Å². The average Bonchev–Trinajstić information content (AvgIpc) is 2.26. The number of carbonyl (C=O) groups is 2. The van der Waals surface area contributed by atoms with Crippen LogP contribution in [-0.4, -0.2) is 33.3 Å². The lowest BCUT2D eigenvalue weighted by molar-refractivity contribution is -0.131. The first-order chi connectivity index (χ1) is 7.86. The molecule has 1 aromatic carbocycles. The monoisotopic (exact) mass is 259 g/mol. The number of aliphatic hydroxyl groups is 2. The van der Waals surface area contributed by atoms with Crippen LogP contribution < -0.4 is 5.73 Å². The molecular formula is C10H10ClNO5. The van der Waals surface area contributed by atoms with E-state index >= 15 is 0 Å². The Morgan fingerprint density at radius 2 is 1.88 bits per heavy atom. The molecule has 0 aromatic heterocycles. The fourth-order valence-electron chi connectivity index (χ4n) is 1.27. The minimum absolute atomic E-state index is 0.0714. The molecule has 0 saturated carbocycles. The van der Waals surface area contributed by atoms with E-state index in [1.54, 1.807) is 0 Å². The van der Waals surface area contributed by atoms with Crippen molar-refractivity contribution in [3.63, 3.8) is 0 Å². The molecule has 6 nitrogen and oxygen atoms in total. The number of carboxylic acids is 1. The van der Waals surface area contributed by atoms with Gasteiger partial charge in [0.2, 0.25) is 5.91 Å². The molecular weight excluding hydrogens is 250 g/mol. The second-order valence-corrected chi connectivity index (χ2v) is 3.68. The number of carboxylic acid groups (broad SMARTS) is 1. The zero-order valence-electron chi connectivity index (χ0n) is 8.50. The fourth-order valence-corrected chi connectivity index (χ4v) is 1.59. The van der Waals surface area contributed by atoms with Gasteiger partial charge in [-0.1, -0.05) is 23.7 Å². The molecule has 5 N–H and O–H groups in total. The second-order valence-electron chi connectivity index (χ2n) is 3.31. The van der Waals surface area contributed by atoms with Gasteiger partial charge in [-0.25, -0.2) is 4.79 Å². The number of aliphatic hydroxyl groups excluding tert-OH is 2. The quantitative estimate of drug-likeness (QED) is 0.602. The van der Waals surface area contributed by atoms with Gasteiger partial charge in [0, 0.05) is 5.56 Å². The number of carbonyl (C=O) groups excluding carboxylic acids is 1. The molecule has 92 valence electrons. The van der Waals surface area contributed by atoms with Crippen LogP contribution in [0.2, 0.25) is 5.02 Å². The zero-order valence-corrected chi connectivity index (χ0v) is 9.26. The van der Waals surface area contributed by atoms with Gasteiger partial charge < -0.3 is 21.1 Å². The molecule has 1 rings (SSSR count). The Labute approximate surface area is 101 Å². The largest absolute Gasteiger partial charge is 0.478 e. The van der Waals surface area contributed by atoms with Crippen molar-refractivity contribution in [2.24, 2.45) is 5.73 Å². The number of nitrogens with two attached hydrogens (primary N) is 1. The summed E-state index contributed by atoms with van der Waals surface area (Å²) in [5.74, 6) is -2.41. The normalized spacial score (nSPS) is 14.1. The lowest BCUT2D eigenvalue weighted by Gasteiger charge is -2.17. The molecule has 2 atom stereocenters. The molecule has 1 amide bonds. The smallest absolute Gasteiger partial charge is 0.337 e. The summed E-state index contributed by atoms with van der Waals surface area (Å²) in [4.78, 5) is 21.5. The lowest BCUT2D eigenvalue weighted by Crippen LogP contribution is -2.34. The zero-order chi connectivity index (χ0) is 13.2. The van der Waals surface area contributed by atoms with Crippen LogP contribution in [0.5, 0.6) is 0 Å². The molecule has 2 unspecified atom stereocenters. The van der Waals surface area contributed by atoms with Gasteiger partial charge in [0.1, 0.15) is 6.10 Å². The number of aromatic carboxylic acids is 1. The number of hydrogen-bond donors (Lipinski definition) is 4. The van der Waals surface area contributed by atoms with E-state index in [1.165, 1.54) is 18.2 Å². The molecule has 0 aliphatic rings. The third-order valence-electron chi connectivity index (χ3n) is 2.17. The van der Waals surface area contributed by atoms with Gasteiger partial charge in [-0.05, 0) is 6.07 Å². The Morgan fingerprint density at radius 1 is 1.29 bits per heavy atom. The first-order valence-electron chi connectivity index (χ1n) is 4.53. The van der Waals surface area contributed by atoms with Crippen LogP contribution in [0.1, 0.15) is 22.0 Å². The Hall–Kier alpha value is -1.63. The van der Waals surface area contributed by atoms with Crippen molar-refractivity contribution in [2.45, 2.75) is 12.2 Å². The van der Waals surface area contributed by atoms with Crippen LogP contribution in [-0.2, 0) is 4.79 Å². The standard InChI is InChI=1S/C10H10ClNO5/c11-6-4(7(13)8(14)9(12)15)2-1-3-5(6)10(16)17/h1-3,7-8,13-14H,(H2,12,15)(H,16,17). The van der Waals surface area contributed by atoms with Gasteiger partial charge in [0.25, 0.3) is 0 Å². The van der Waals surface area contributed by atoms with Crippen LogP contribution in [0.25, 0.3) is 0 Å². The minimum Gasteiger partial charge on any atom is -0.478 e. The number of rotatable bonds is 4. The van der Waals surface area contributed by atoms with Gasteiger partial charge in [-0.2, -0.15) is 0 Å². The van der Waals surface area contributed by atoms with Crippen molar-refractivity contribution in [3.8, 4) is 0 Å². The molecule has 0 saturated heterocycles. The Kier molecular flexibility index (Phi) is 4.06. The van der Waals surface area contributed by atoms with Gasteiger partial charge in [-0.3, -0.25) is 4.79 Å². The number of halogens is 1. The van der Waals surface area contributed by atoms with Gasteiger partial charge in [0.05, 0.1) is 10.6 Å². The molecule has 0 fully saturated rings. The van der Waals surface area contributed by atoms with E-state index in [1.807, 2.05) is 0 Å². The Bertz CT molecular complexity index is 462. The summed E-state index contributed by atoms with van der Waals surface area (Å²) >= 11 is 5.74. The number of benzene rings is 1. The highest BCUT2D eigenvalue weighted by Gasteiger charge is 2.26. The number of amides is 1. The van der Waals surface area contributed by atoms with Gasteiger partial charge in [-0.15, -0.1) is 0 Å². The minimum atomic E-state index is -1.85. The summed E-state index contributed by atoms with van der Waals surface area (Å²) in [7, 11) is 0. The topological polar surface area (TPSA) is 121 Å². The van der Waals surface area contributed by atoms with Crippen molar-refractivity contribution in [2.75, 3.05) is 0 Å². The first kappa shape index (κ1) is 13.4. The van der Waals surface area contributed by atoms with Gasteiger partial charge >= 0.3 is 5.97 Å². The van der Waals surface area contributed by atoms with E-state index < -0.39 is 24.1 Å². The van der Waals surface area contributed by atoms with Crippen LogP contribution in [0.3, 0.4) is 0 Å². The maximum atomic E-state index is 10.8. The first-order valence-corrected chi connectivity index (χ1v) is 4.91. The van der Waals surface area contributed by atoms with Crippen molar-refractivity contribution >= 4 is 23.5 Å². The molecule has 17 heavy (non-hydrogen) atoms. The second kappa shape index (κ2) is 5.13. The molecule has 1 aromatic rings. The predicted molar refractivity (Wildman–Crippen MR) is 58.6 cm³/mol. The number of hydrogen-bond acceptors (Lipinski definition) is 4. The van der Waals surface area contributed by atoms with E-state index in [4.69, 9.17) is 22.4 Å². The van der Waals surface area contributed by atoms with Crippen molar-refractivity contribution < 1.29 is 24.9 Å². The molecule has 0 radical (unpaired) electrons. The molecule has 0 bridgehead atoms.